The summed E-state index contributed by atoms with van der Waals surface area (Å²) in [6, 6.07) is 0. The Labute approximate surface area is 69.0 Å². The summed E-state index contributed by atoms with van der Waals surface area (Å²) in [6.45, 7) is 0. The van der Waals surface area contributed by atoms with Gasteiger partial charge in [-0.15, -0.1) is 0 Å². The first-order valence-electron chi connectivity index (χ1n) is 1.95. The van der Waals surface area contributed by atoms with Gasteiger partial charge >= 0.3 is 12.4 Å². The monoisotopic (exact) mass is 220 g/mol. The lowest BCUT2D eigenvalue weighted by molar-refractivity contribution is -0.533. The fourth-order valence-electron chi connectivity index (χ4n) is 0.186. The molecular weight excluding hydrogens is 210 g/mol. The number of hydrogen-bond donors (Lipinski definition) is 2. The van der Waals surface area contributed by atoms with Gasteiger partial charge in [0.2, 0.25) is 0 Å². The molecule has 0 radical (unpaired) electrons. The largest absolute Gasteiger partial charge is 0.870 e. The van der Waals surface area contributed by atoms with Crippen LogP contribution < -0.4 is 17.4 Å². The Bertz CT molecular complexity index is 108. The molecule has 0 amide bonds. The van der Waals surface area contributed by atoms with Crippen LogP contribution in [-0.4, -0.2) is 23.9 Å². The zero-order valence-corrected chi connectivity index (χ0v) is 6.70. The van der Waals surface area contributed by atoms with E-state index in [0.29, 0.717) is 0 Å². The molecule has 0 aromatic rings. The molecule has 0 rings (SSSR count). The van der Waals surface area contributed by atoms with Crippen molar-refractivity contribution in [3.8, 4) is 0 Å². The Kier molecular flexibility index (Phi) is 10.5. The van der Waals surface area contributed by atoms with Crippen molar-refractivity contribution in [2.75, 3.05) is 0 Å². The molecule has 0 bridgehead atoms. The Hall–Kier alpha value is -0.580. The van der Waals surface area contributed by atoms with Crippen LogP contribution in [0.15, 0.2) is 0 Å². The first-order valence-corrected chi connectivity index (χ1v) is 1.95. The van der Waals surface area contributed by atoms with Gasteiger partial charge in [-0.2, -0.15) is 26.3 Å². The van der Waals surface area contributed by atoms with Crippen LogP contribution in [0.3, 0.4) is 0 Å². The highest BCUT2D eigenvalue weighted by molar-refractivity contribution is 4.71. The van der Waals surface area contributed by atoms with Gasteiger partial charge in [0, 0.05) is 0 Å². The number of halogens is 6. The standard InChI is InChI=1S/C3HF6O.2H3N.H2O/c4-2(5,6)1(10)3(7,8)9;;;/h1H;2*1H3;1H2/q-1;;;/p+1. The van der Waals surface area contributed by atoms with Crippen molar-refractivity contribution in [3.63, 3.8) is 0 Å². The summed E-state index contributed by atoms with van der Waals surface area (Å²) < 4.78 is 65.5. The summed E-state index contributed by atoms with van der Waals surface area (Å²) in [4.78, 5) is 0. The van der Waals surface area contributed by atoms with Crippen LogP contribution in [0.4, 0.5) is 26.3 Å². The minimum atomic E-state index is -5.74. The third-order valence-electron chi connectivity index (χ3n) is 0.595. The van der Waals surface area contributed by atoms with Crippen LogP contribution >= 0.6 is 0 Å². The fraction of sp³-hybridized carbons (Fsp3) is 1.00. The zero-order chi connectivity index (χ0) is 8.58. The molecule has 10 heteroatoms. The lowest BCUT2D eigenvalue weighted by Crippen LogP contribution is -2.51. The maximum Gasteiger partial charge on any atom is 0.385 e. The van der Waals surface area contributed by atoms with Gasteiger partial charge in [0.15, 0.2) is 0 Å². The van der Waals surface area contributed by atoms with E-state index in [1.165, 1.54) is 0 Å². The van der Waals surface area contributed by atoms with E-state index in [4.69, 9.17) is 0 Å². The van der Waals surface area contributed by atoms with Crippen molar-refractivity contribution in [3.05, 3.63) is 0 Å². The van der Waals surface area contributed by atoms with E-state index in [0.717, 1.165) is 0 Å². The molecule has 4 nitrogen and oxygen atoms in total. The Balaban J connectivity index is -0.000000135. The van der Waals surface area contributed by atoms with E-state index in [1.807, 2.05) is 0 Å². The third kappa shape index (κ3) is 7.77. The van der Waals surface area contributed by atoms with Gasteiger partial charge in [-0.3, -0.25) is 0 Å². The summed E-state index contributed by atoms with van der Waals surface area (Å²) in [5.41, 5.74) is 0. The SMILES string of the molecule is [NH4+].[NH4+].[O-]C(C(F)(F)F)C(F)(F)F.[OH-]. The number of quaternary nitrogens is 2. The lowest BCUT2D eigenvalue weighted by atomic mass is 10.3. The molecule has 0 aliphatic heterocycles. The third-order valence-corrected chi connectivity index (χ3v) is 0.595. The lowest BCUT2D eigenvalue weighted by Gasteiger charge is -2.27. The molecule has 0 aliphatic carbocycles. The van der Waals surface area contributed by atoms with Crippen molar-refractivity contribution in [1.82, 2.24) is 12.3 Å². The van der Waals surface area contributed by atoms with Crippen molar-refractivity contribution in [2.24, 2.45) is 0 Å². The average molecular weight is 220 g/mol. The molecule has 0 unspecified atom stereocenters. The summed E-state index contributed by atoms with van der Waals surface area (Å²) >= 11 is 0. The first-order chi connectivity index (χ1) is 4.15. The molecule has 0 spiro atoms. The molecule has 0 aliphatic rings. The Morgan fingerprint density at radius 2 is 0.923 bits per heavy atom. The van der Waals surface area contributed by atoms with E-state index >= 15 is 0 Å². The van der Waals surface area contributed by atoms with Gasteiger partial charge in [-0.25, -0.2) is 0 Å². The number of hydrogen-bond acceptors (Lipinski definition) is 2. The molecular formula is C3H10F6N2O2. The number of alkyl halides is 6. The van der Waals surface area contributed by atoms with E-state index < -0.39 is 18.5 Å². The fourth-order valence-corrected chi connectivity index (χ4v) is 0.186. The topological polar surface area (TPSA) is 126 Å². The first kappa shape index (κ1) is 22.8. The van der Waals surface area contributed by atoms with Gasteiger partial charge in [0.05, 0.1) is 6.10 Å². The second-order valence-electron chi connectivity index (χ2n) is 1.46. The maximum atomic E-state index is 10.9. The quantitative estimate of drug-likeness (QED) is 0.598. The van der Waals surface area contributed by atoms with Gasteiger partial charge in [0.25, 0.3) is 0 Å². The Morgan fingerprint density at radius 3 is 0.923 bits per heavy atom. The molecule has 13 heavy (non-hydrogen) atoms. The van der Waals surface area contributed by atoms with Gasteiger partial charge < -0.3 is 22.9 Å². The Morgan fingerprint density at radius 1 is 0.769 bits per heavy atom. The van der Waals surface area contributed by atoms with E-state index in [9.17, 15) is 31.4 Å². The van der Waals surface area contributed by atoms with Crippen LogP contribution in [0.1, 0.15) is 0 Å². The molecule has 0 aromatic carbocycles. The van der Waals surface area contributed by atoms with E-state index in [-0.39, 0.29) is 17.8 Å². The van der Waals surface area contributed by atoms with Gasteiger partial charge in [-0.05, 0) is 0 Å². The summed E-state index contributed by atoms with van der Waals surface area (Å²) in [5, 5.41) is 9.32. The minimum Gasteiger partial charge on any atom is -0.870 e. The van der Waals surface area contributed by atoms with Crippen LogP contribution in [0.2, 0.25) is 0 Å². The van der Waals surface area contributed by atoms with Crippen molar-refractivity contribution >= 4 is 0 Å². The highest BCUT2D eigenvalue weighted by Crippen LogP contribution is 2.30. The van der Waals surface area contributed by atoms with Crippen molar-refractivity contribution < 1.29 is 36.9 Å². The number of rotatable bonds is 0. The smallest absolute Gasteiger partial charge is 0.385 e. The molecule has 9 N–H and O–H groups in total. The predicted molar refractivity (Wildman–Crippen MR) is 29.8 cm³/mol. The predicted octanol–water partition coefficient (Wildman–Crippen LogP) is 1.42. The van der Waals surface area contributed by atoms with E-state index in [2.05, 4.69) is 0 Å². The van der Waals surface area contributed by atoms with Crippen molar-refractivity contribution in [1.29, 1.82) is 0 Å². The molecule has 0 heterocycles. The highest BCUT2D eigenvalue weighted by atomic mass is 19.4. The molecule has 0 saturated carbocycles. The van der Waals surface area contributed by atoms with Crippen LogP contribution in [0.25, 0.3) is 0 Å². The van der Waals surface area contributed by atoms with Crippen LogP contribution in [0.5, 0.6) is 0 Å². The van der Waals surface area contributed by atoms with E-state index in [1.54, 1.807) is 0 Å². The molecule has 0 fully saturated rings. The van der Waals surface area contributed by atoms with Gasteiger partial charge in [-0.1, -0.05) is 0 Å². The summed E-state index contributed by atoms with van der Waals surface area (Å²) in [5.74, 6) is 0. The second kappa shape index (κ2) is 5.96. The normalized spacial score (nSPS) is 11.1. The van der Waals surface area contributed by atoms with Gasteiger partial charge in [0.1, 0.15) is 0 Å². The summed E-state index contributed by atoms with van der Waals surface area (Å²) in [7, 11) is 0. The van der Waals surface area contributed by atoms with Crippen LogP contribution in [0, 0.1) is 0 Å². The zero-order valence-electron chi connectivity index (χ0n) is 6.70. The summed E-state index contributed by atoms with van der Waals surface area (Å²) in [6.07, 6.45) is -16.0. The van der Waals surface area contributed by atoms with Crippen molar-refractivity contribution in [2.45, 2.75) is 18.5 Å². The molecule has 0 atom stereocenters. The maximum absolute atomic E-state index is 10.9. The van der Waals surface area contributed by atoms with Crippen LogP contribution in [-0.2, 0) is 0 Å². The molecule has 86 valence electrons. The second-order valence-corrected chi connectivity index (χ2v) is 1.46. The highest BCUT2D eigenvalue weighted by Gasteiger charge is 2.48. The molecule has 0 aromatic heterocycles. The minimum absolute atomic E-state index is 0. The molecule has 0 saturated heterocycles. The average Bonchev–Trinajstić information content (AvgIpc) is 1.59.